The van der Waals surface area contributed by atoms with E-state index in [1.807, 2.05) is 0 Å². The molecule has 0 saturated carbocycles. The van der Waals surface area contributed by atoms with Crippen molar-refractivity contribution in [2.45, 2.75) is 52.0 Å². The second kappa shape index (κ2) is 13.1. The third-order valence-corrected chi connectivity index (χ3v) is 2.59. The predicted octanol–water partition coefficient (Wildman–Crippen LogP) is 3.13. The molecule has 0 aromatic carbocycles. The van der Waals surface area contributed by atoms with E-state index >= 15 is 0 Å². The van der Waals surface area contributed by atoms with E-state index in [0.717, 1.165) is 0 Å². The van der Waals surface area contributed by atoms with Gasteiger partial charge in [0, 0.05) is 0 Å². The van der Waals surface area contributed by atoms with Crippen molar-refractivity contribution in [3.8, 4) is 0 Å². The van der Waals surface area contributed by atoms with Crippen LogP contribution in [0.2, 0.25) is 0 Å². The van der Waals surface area contributed by atoms with E-state index < -0.39 is 0 Å². The summed E-state index contributed by atoms with van der Waals surface area (Å²) < 4.78 is 4.36. The lowest BCUT2D eigenvalue weighted by Gasteiger charge is -1.98. The van der Waals surface area contributed by atoms with Crippen LogP contribution in [0.3, 0.4) is 0 Å². The molecule has 0 N–H and O–H groups in total. The van der Waals surface area contributed by atoms with Crippen molar-refractivity contribution < 1.29 is 18.7 Å². The Balaban J connectivity index is -0.000000653. The van der Waals surface area contributed by atoms with Gasteiger partial charge in [0.15, 0.2) is 0 Å². The third kappa shape index (κ3) is 9.90. The van der Waals surface area contributed by atoms with Gasteiger partial charge in [-0.25, -0.2) is 9.13 Å². The van der Waals surface area contributed by atoms with Gasteiger partial charge in [-0.3, -0.25) is 14.1 Å². The molecule has 1 aromatic rings. The van der Waals surface area contributed by atoms with Crippen molar-refractivity contribution in [2.75, 3.05) is 0 Å². The van der Waals surface area contributed by atoms with E-state index in [0.29, 0.717) is 0 Å². The number of nitrogens with zero attached hydrogens (tertiary/aromatic N) is 2. The molecule has 2 nitrogen and oxygen atoms in total. The minimum atomic E-state index is 0. The van der Waals surface area contributed by atoms with Gasteiger partial charge in [0.25, 0.3) is 0 Å². The number of aryl methyl sites for hydroxylation is 2. The van der Waals surface area contributed by atoms with Gasteiger partial charge in [-0.2, -0.15) is 0 Å². The fourth-order valence-electron chi connectivity index (χ4n) is 1.71. The number of aromatic nitrogens is 2. The molecule has 0 bridgehead atoms. The fraction of sp³-hybridized carbons (Fsp3) is 0.750. The number of rotatable bonds is 7. The Hall–Kier alpha value is -1.00. The molecule has 5 heteroatoms. The highest BCUT2D eigenvalue weighted by molar-refractivity contribution is 4.65. The van der Waals surface area contributed by atoms with Crippen molar-refractivity contribution in [1.82, 2.24) is 4.57 Å². The van der Waals surface area contributed by atoms with E-state index in [4.69, 9.17) is 0 Å². The molecule has 0 radical (unpaired) electrons. The molecule has 0 saturated heterocycles. The van der Waals surface area contributed by atoms with Crippen LogP contribution in [0.4, 0.5) is 14.1 Å². The molecule has 0 unspecified atom stereocenters. The summed E-state index contributed by atoms with van der Waals surface area (Å²) in [6.07, 6.45) is 14.6. The summed E-state index contributed by atoms with van der Waals surface area (Å²) in [5, 5.41) is 0. The van der Waals surface area contributed by atoms with Crippen molar-refractivity contribution >= 4 is 0 Å². The largest absolute Gasteiger partial charge is 0.269 e. The Labute approximate surface area is 102 Å². The first-order chi connectivity index (χ1) is 6.83. The number of halogens is 3. The average molecular weight is 255 g/mol. The lowest BCUT2D eigenvalue weighted by molar-refractivity contribution is -0.671. The smallest absolute Gasteiger partial charge is 0.243 e. The summed E-state index contributed by atoms with van der Waals surface area (Å²) >= 11 is 0. The summed E-state index contributed by atoms with van der Waals surface area (Å²) in [6, 6.07) is 0. The van der Waals surface area contributed by atoms with Crippen LogP contribution in [-0.2, 0) is 13.6 Å². The van der Waals surface area contributed by atoms with Crippen LogP contribution in [0.5, 0.6) is 0 Å². The Morgan fingerprint density at radius 1 is 0.941 bits per heavy atom. The lowest BCUT2D eigenvalue weighted by atomic mass is 10.1. The first-order valence-electron chi connectivity index (χ1n) is 5.84. The molecular formula is C12H26F3N2+. The highest BCUT2D eigenvalue weighted by Crippen LogP contribution is 2.05. The molecule has 0 aliphatic heterocycles. The van der Waals surface area contributed by atoms with E-state index in [2.05, 4.69) is 41.8 Å². The molecule has 104 valence electrons. The van der Waals surface area contributed by atoms with Crippen LogP contribution >= 0.6 is 0 Å². The monoisotopic (exact) mass is 255 g/mol. The summed E-state index contributed by atoms with van der Waals surface area (Å²) in [5.41, 5.74) is 0. The van der Waals surface area contributed by atoms with Crippen molar-refractivity contribution in [1.29, 1.82) is 0 Å². The van der Waals surface area contributed by atoms with Gasteiger partial charge in [-0.15, -0.1) is 0 Å². The van der Waals surface area contributed by atoms with E-state index in [-0.39, 0.29) is 14.1 Å². The van der Waals surface area contributed by atoms with Crippen LogP contribution in [0.15, 0.2) is 18.7 Å². The van der Waals surface area contributed by atoms with E-state index in [1.54, 1.807) is 0 Å². The molecule has 0 aliphatic carbocycles. The topological polar surface area (TPSA) is 8.81 Å². The van der Waals surface area contributed by atoms with Crippen LogP contribution in [0.25, 0.3) is 0 Å². The molecule has 0 spiro atoms. The molecule has 0 atom stereocenters. The van der Waals surface area contributed by atoms with E-state index in [1.165, 1.54) is 45.1 Å². The maximum atomic E-state index is 2.26. The normalized spacial score (nSPS) is 8.82. The van der Waals surface area contributed by atoms with Gasteiger partial charge in [0.1, 0.15) is 12.4 Å². The van der Waals surface area contributed by atoms with E-state index in [9.17, 15) is 0 Å². The Morgan fingerprint density at radius 3 is 2.06 bits per heavy atom. The summed E-state index contributed by atoms with van der Waals surface area (Å²) in [7, 11) is 2.07. The van der Waals surface area contributed by atoms with Gasteiger partial charge in [0.05, 0.1) is 13.6 Å². The quantitative estimate of drug-likeness (QED) is 0.523. The highest BCUT2D eigenvalue weighted by Gasteiger charge is 1.98. The molecule has 0 amide bonds. The minimum absolute atomic E-state index is 0. The van der Waals surface area contributed by atoms with Gasteiger partial charge < -0.3 is 0 Å². The molecule has 1 aromatic heterocycles. The second-order valence-electron chi connectivity index (χ2n) is 4.08. The summed E-state index contributed by atoms with van der Waals surface area (Å²) in [4.78, 5) is 0. The van der Waals surface area contributed by atoms with Crippen molar-refractivity contribution in [3.05, 3.63) is 18.7 Å². The van der Waals surface area contributed by atoms with Crippen LogP contribution in [0, 0.1) is 0 Å². The molecule has 0 aliphatic rings. The summed E-state index contributed by atoms with van der Waals surface area (Å²) in [6.45, 7) is 3.44. The molecule has 1 heterocycles. The lowest BCUT2D eigenvalue weighted by Crippen LogP contribution is -2.23. The Morgan fingerprint density at radius 2 is 1.53 bits per heavy atom. The second-order valence-corrected chi connectivity index (χ2v) is 4.08. The Kier molecular flexibility index (Phi) is 16.4. The minimum Gasteiger partial charge on any atom is -0.269 e. The third-order valence-electron chi connectivity index (χ3n) is 2.59. The summed E-state index contributed by atoms with van der Waals surface area (Å²) in [5.74, 6) is 0. The first kappa shape index (κ1) is 21.3. The maximum Gasteiger partial charge on any atom is 0.243 e. The van der Waals surface area contributed by atoms with Crippen LogP contribution in [0.1, 0.15) is 45.4 Å². The first-order valence-corrected chi connectivity index (χ1v) is 5.84. The van der Waals surface area contributed by atoms with Crippen molar-refractivity contribution in [2.24, 2.45) is 7.05 Å². The predicted molar refractivity (Wildman–Crippen MR) is 66.5 cm³/mol. The molecule has 17 heavy (non-hydrogen) atoms. The van der Waals surface area contributed by atoms with Crippen LogP contribution < -0.4 is 4.57 Å². The highest BCUT2D eigenvalue weighted by atomic mass is 19.0. The van der Waals surface area contributed by atoms with Crippen molar-refractivity contribution in [3.63, 3.8) is 0 Å². The zero-order chi connectivity index (χ0) is 10.2. The van der Waals surface area contributed by atoms with Gasteiger partial charge in [-0.1, -0.05) is 32.6 Å². The van der Waals surface area contributed by atoms with Gasteiger partial charge in [-0.05, 0) is 12.8 Å². The zero-order valence-corrected chi connectivity index (χ0v) is 10.8. The zero-order valence-electron chi connectivity index (χ0n) is 10.8. The van der Waals surface area contributed by atoms with Crippen LogP contribution in [-0.4, -0.2) is 4.57 Å². The SMILES string of the molecule is CCCCCCCCn1cc[n+](C)c1.F.F.F. The number of hydrogen-bond acceptors (Lipinski definition) is 0. The molecular weight excluding hydrogens is 229 g/mol. The Bertz CT molecular complexity index is 252. The number of imidazole rings is 1. The van der Waals surface area contributed by atoms with Gasteiger partial charge in [0.2, 0.25) is 6.33 Å². The van der Waals surface area contributed by atoms with Gasteiger partial charge >= 0.3 is 0 Å². The maximum absolute atomic E-state index is 2.26. The number of hydrogen-bond donors (Lipinski definition) is 0. The average Bonchev–Trinajstić information content (AvgIpc) is 2.58. The standard InChI is InChI=1S/C12H23N2.3FH/c1-3-4-5-6-7-8-9-14-11-10-13(2)12-14;;;/h10-12H,3-9H2,1-2H3;3*1H/q+1;;;. The number of unbranched alkanes of at least 4 members (excludes halogenated alkanes) is 5. The molecule has 0 fully saturated rings. The molecule has 1 rings (SSSR count). The fourth-order valence-corrected chi connectivity index (χ4v) is 1.71.